The molecule has 0 aliphatic carbocycles. The molecule has 1 saturated heterocycles. The molecule has 0 saturated carbocycles. The van der Waals surface area contributed by atoms with Gasteiger partial charge in [0.1, 0.15) is 12.0 Å². The van der Waals surface area contributed by atoms with Gasteiger partial charge in [0, 0.05) is 26.2 Å². The summed E-state index contributed by atoms with van der Waals surface area (Å²) in [6, 6.07) is 0. The Balaban J connectivity index is 2.33. The van der Waals surface area contributed by atoms with Crippen LogP contribution in [0.2, 0.25) is 0 Å². The number of alkyl halides is 6. The summed E-state index contributed by atoms with van der Waals surface area (Å²) in [7, 11) is 1.06. The molecule has 1 aromatic rings. The Hall–Kier alpha value is -3.13. The Labute approximate surface area is 165 Å². The highest BCUT2D eigenvalue weighted by Crippen LogP contribution is 2.39. The average Bonchev–Trinajstić information content (AvgIpc) is 2.65. The fourth-order valence-corrected chi connectivity index (χ4v) is 2.69. The first-order chi connectivity index (χ1) is 13.8. The van der Waals surface area contributed by atoms with Crippen molar-refractivity contribution >= 4 is 17.4 Å². The number of halogens is 6. The number of hydrogen-bond acceptors (Lipinski definition) is 8. The van der Waals surface area contributed by atoms with Gasteiger partial charge in [0.2, 0.25) is 11.7 Å². The maximum atomic E-state index is 12.8. The van der Waals surface area contributed by atoms with Crippen LogP contribution in [0.15, 0.2) is 23.1 Å². The second-order valence-corrected chi connectivity index (χ2v) is 6.17. The summed E-state index contributed by atoms with van der Waals surface area (Å²) in [6.45, 7) is -0.339. The van der Waals surface area contributed by atoms with Crippen molar-refractivity contribution in [3.05, 3.63) is 28.2 Å². The minimum atomic E-state index is -4.88. The number of aliphatic imine (C=N–C) groups is 1. The van der Waals surface area contributed by atoms with Crippen LogP contribution >= 0.6 is 0 Å². The molecule has 1 fully saturated rings. The molecule has 0 aromatic carbocycles. The number of hydrogen-bond donors (Lipinski definition) is 1. The van der Waals surface area contributed by atoms with E-state index in [0.717, 1.165) is 13.4 Å². The molecule has 0 atom stereocenters. The molecule has 2 N–H and O–H groups in total. The van der Waals surface area contributed by atoms with Gasteiger partial charge < -0.3 is 15.4 Å². The van der Waals surface area contributed by atoms with Crippen molar-refractivity contribution in [3.8, 4) is 5.88 Å². The van der Waals surface area contributed by atoms with E-state index in [1.54, 1.807) is 0 Å². The Morgan fingerprint density at radius 3 is 2.37 bits per heavy atom. The predicted octanol–water partition coefficient (Wildman–Crippen LogP) is 2.98. The molecule has 2 heterocycles. The highest BCUT2D eigenvalue weighted by Gasteiger charge is 2.42. The van der Waals surface area contributed by atoms with Crippen molar-refractivity contribution in [1.29, 1.82) is 0 Å². The Bertz CT molecular complexity index is 846. The summed E-state index contributed by atoms with van der Waals surface area (Å²) < 4.78 is 81.3. The molecule has 0 amide bonds. The second-order valence-electron chi connectivity index (χ2n) is 6.17. The summed E-state index contributed by atoms with van der Waals surface area (Å²) in [5.74, 6) is -3.29. The number of nitrogens with zero attached hydrogens (tertiary/aromatic N) is 5. The predicted molar refractivity (Wildman–Crippen MR) is 92.0 cm³/mol. The molecule has 1 aliphatic rings. The zero-order chi connectivity index (χ0) is 22.7. The molecule has 1 aliphatic heterocycles. The number of nitrogens with two attached hydrogens (primary N) is 1. The molecule has 15 heteroatoms. The van der Waals surface area contributed by atoms with Gasteiger partial charge in [-0.2, -0.15) is 31.3 Å². The number of ether oxygens (including phenoxy) is 1. The molecule has 1 aromatic heterocycles. The minimum absolute atomic E-state index is 0.170. The Kier molecular flexibility index (Phi) is 6.72. The van der Waals surface area contributed by atoms with E-state index >= 15 is 0 Å². The van der Waals surface area contributed by atoms with Gasteiger partial charge >= 0.3 is 23.9 Å². The number of allylic oxidation sites excluding steroid dienone is 1. The lowest BCUT2D eigenvalue weighted by Crippen LogP contribution is -2.39. The van der Waals surface area contributed by atoms with Crippen molar-refractivity contribution < 1.29 is 36.0 Å². The summed E-state index contributed by atoms with van der Waals surface area (Å²) in [4.78, 5) is 22.6. The van der Waals surface area contributed by atoms with Gasteiger partial charge in [0.25, 0.3) is 0 Å². The van der Waals surface area contributed by atoms with E-state index in [1.807, 2.05) is 0 Å². The van der Waals surface area contributed by atoms with Gasteiger partial charge in [-0.15, -0.1) is 0 Å². The molecule has 2 rings (SSSR count). The average molecular weight is 442 g/mol. The minimum Gasteiger partial charge on any atom is -0.415 e. The van der Waals surface area contributed by atoms with Crippen LogP contribution in [-0.4, -0.2) is 53.3 Å². The monoisotopic (exact) mass is 442 g/mol. The third kappa shape index (κ3) is 5.48. The van der Waals surface area contributed by atoms with E-state index in [-0.39, 0.29) is 31.7 Å². The van der Waals surface area contributed by atoms with Crippen LogP contribution in [-0.2, 0) is 0 Å². The first-order valence-corrected chi connectivity index (χ1v) is 8.34. The third-order valence-corrected chi connectivity index (χ3v) is 4.24. The van der Waals surface area contributed by atoms with Gasteiger partial charge in [0.15, 0.2) is 0 Å². The number of anilines is 1. The highest BCUT2D eigenvalue weighted by molar-refractivity contribution is 5.90. The molecular formula is C15H16F6N6O3. The van der Waals surface area contributed by atoms with Crippen LogP contribution in [0, 0.1) is 16.0 Å². The largest absolute Gasteiger partial charge is 0.430 e. The topological polar surface area (TPSA) is 120 Å². The van der Waals surface area contributed by atoms with E-state index in [1.165, 1.54) is 4.90 Å². The lowest BCUT2D eigenvalue weighted by atomic mass is 9.96. The zero-order valence-corrected chi connectivity index (χ0v) is 15.4. The van der Waals surface area contributed by atoms with Crippen LogP contribution in [0.5, 0.6) is 5.88 Å². The van der Waals surface area contributed by atoms with E-state index in [4.69, 9.17) is 10.5 Å². The lowest BCUT2D eigenvalue weighted by Gasteiger charge is -2.33. The molecule has 0 bridgehead atoms. The van der Waals surface area contributed by atoms with E-state index < -0.39 is 46.4 Å². The maximum absolute atomic E-state index is 12.8. The summed E-state index contributed by atoms with van der Waals surface area (Å²) >= 11 is 0. The number of nitro groups is 1. The Morgan fingerprint density at radius 2 is 1.90 bits per heavy atom. The van der Waals surface area contributed by atoms with Crippen molar-refractivity contribution in [3.63, 3.8) is 0 Å². The van der Waals surface area contributed by atoms with Gasteiger partial charge in [-0.3, -0.25) is 15.1 Å². The van der Waals surface area contributed by atoms with Crippen LogP contribution in [0.1, 0.15) is 12.8 Å². The van der Waals surface area contributed by atoms with Crippen molar-refractivity contribution in [2.45, 2.75) is 25.2 Å². The van der Waals surface area contributed by atoms with Crippen LogP contribution in [0.3, 0.4) is 0 Å². The van der Waals surface area contributed by atoms with E-state index in [0.29, 0.717) is 6.08 Å². The lowest BCUT2D eigenvalue weighted by molar-refractivity contribution is -0.385. The first kappa shape index (κ1) is 23.2. The van der Waals surface area contributed by atoms with Gasteiger partial charge in [-0.1, -0.05) is 0 Å². The molecule has 166 valence electrons. The standard InChI is InChI=1S/C15H16F6N6O3/c1-23-10(6-9(22)15(19,20)21)30-13-11(27(28)29)12(24-7-25-13)26-4-2-8(3-5-26)14(16,17)18/h6-8H,2-5,22H2,1H3. The van der Waals surface area contributed by atoms with E-state index in [2.05, 4.69) is 15.0 Å². The summed E-state index contributed by atoms with van der Waals surface area (Å²) in [6.07, 6.45) is -8.70. The molecule has 0 spiro atoms. The van der Waals surface area contributed by atoms with Crippen molar-refractivity contribution in [2.75, 3.05) is 25.0 Å². The van der Waals surface area contributed by atoms with Crippen LogP contribution in [0.4, 0.5) is 37.8 Å². The number of rotatable bonds is 4. The zero-order valence-electron chi connectivity index (χ0n) is 15.4. The van der Waals surface area contributed by atoms with E-state index in [9.17, 15) is 36.5 Å². The smallest absolute Gasteiger partial charge is 0.415 e. The fraction of sp³-hybridized carbons (Fsp3) is 0.533. The molecular weight excluding hydrogens is 426 g/mol. The van der Waals surface area contributed by atoms with Crippen LogP contribution < -0.4 is 15.4 Å². The van der Waals surface area contributed by atoms with Gasteiger partial charge in [-0.25, -0.2) is 4.98 Å². The maximum Gasteiger partial charge on any atom is 0.430 e. The summed E-state index contributed by atoms with van der Waals surface area (Å²) in [5.41, 5.74) is 2.50. The number of aromatic nitrogens is 2. The van der Waals surface area contributed by atoms with Gasteiger partial charge in [-0.05, 0) is 12.8 Å². The van der Waals surface area contributed by atoms with Crippen molar-refractivity contribution in [1.82, 2.24) is 9.97 Å². The highest BCUT2D eigenvalue weighted by atomic mass is 19.4. The third-order valence-electron chi connectivity index (χ3n) is 4.24. The normalized spacial score (nSPS) is 17.2. The fourth-order valence-electron chi connectivity index (χ4n) is 2.69. The molecule has 30 heavy (non-hydrogen) atoms. The number of piperidine rings is 1. The summed E-state index contributed by atoms with van der Waals surface area (Å²) in [5, 5.41) is 11.5. The Morgan fingerprint density at radius 1 is 1.30 bits per heavy atom. The first-order valence-electron chi connectivity index (χ1n) is 8.34. The second kappa shape index (κ2) is 8.71. The van der Waals surface area contributed by atoms with Crippen LogP contribution in [0.25, 0.3) is 0 Å². The quantitative estimate of drug-likeness (QED) is 0.250. The SMILES string of the molecule is CN=C(C=C(N)C(F)(F)F)Oc1ncnc(N2CCC(C(F)(F)F)CC2)c1[N+](=O)[O-]. The molecule has 9 nitrogen and oxygen atoms in total. The molecule has 0 radical (unpaired) electrons. The van der Waals surface area contributed by atoms with Crippen molar-refractivity contribution in [2.24, 2.45) is 16.6 Å². The molecule has 0 unspecified atom stereocenters. The van der Waals surface area contributed by atoms with Gasteiger partial charge in [0.05, 0.1) is 10.8 Å².